The van der Waals surface area contributed by atoms with E-state index >= 15 is 0 Å². The Labute approximate surface area is 167 Å². The Hall–Kier alpha value is -3.50. The van der Waals surface area contributed by atoms with Crippen LogP contribution in [0.4, 0.5) is 5.69 Å². The van der Waals surface area contributed by atoms with Crippen LogP contribution in [0.3, 0.4) is 0 Å². The summed E-state index contributed by atoms with van der Waals surface area (Å²) in [4.78, 5) is 23.3. The number of benzene rings is 2. The molecule has 0 aliphatic heterocycles. The Balaban J connectivity index is 2.26. The van der Waals surface area contributed by atoms with E-state index in [1.54, 1.807) is 49.4 Å². The second-order valence-electron chi connectivity index (χ2n) is 5.50. The summed E-state index contributed by atoms with van der Waals surface area (Å²) in [7, 11) is 0. The van der Waals surface area contributed by atoms with Crippen molar-refractivity contribution in [2.45, 2.75) is 6.92 Å². The number of nitriles is 1. The molecule has 2 rings (SSSR count). The molecule has 0 unspecified atom stereocenters. The van der Waals surface area contributed by atoms with Crippen LogP contribution in [-0.2, 0) is 9.59 Å². The summed E-state index contributed by atoms with van der Waals surface area (Å²) >= 11 is 6.02. The van der Waals surface area contributed by atoms with Crippen LogP contribution in [0.25, 0.3) is 6.08 Å². The van der Waals surface area contributed by atoms with Gasteiger partial charge in [-0.3, -0.25) is 9.59 Å². The molecular formula is C20H18ClN3O4. The third-order valence-corrected chi connectivity index (χ3v) is 3.77. The van der Waals surface area contributed by atoms with Crippen molar-refractivity contribution in [3.05, 3.63) is 58.6 Å². The molecule has 0 aromatic heterocycles. The zero-order valence-electron chi connectivity index (χ0n) is 15.1. The smallest absolute Gasteiger partial charge is 0.266 e. The second-order valence-corrected chi connectivity index (χ2v) is 5.91. The molecule has 3 N–H and O–H groups in total. The fraction of sp³-hybridized carbons (Fsp3) is 0.150. The van der Waals surface area contributed by atoms with Gasteiger partial charge in [0.2, 0.25) is 0 Å². The van der Waals surface area contributed by atoms with Gasteiger partial charge in [0.15, 0.2) is 18.1 Å². The molecule has 0 saturated heterocycles. The van der Waals surface area contributed by atoms with Crippen molar-refractivity contribution in [3.8, 4) is 17.6 Å². The highest BCUT2D eigenvalue weighted by molar-refractivity contribution is 6.34. The lowest BCUT2D eigenvalue weighted by molar-refractivity contribution is -0.120. The molecule has 2 aromatic carbocycles. The number of rotatable bonds is 8. The Morgan fingerprint density at radius 1 is 1.21 bits per heavy atom. The molecule has 7 nitrogen and oxygen atoms in total. The predicted molar refractivity (Wildman–Crippen MR) is 106 cm³/mol. The Bertz CT molecular complexity index is 951. The summed E-state index contributed by atoms with van der Waals surface area (Å²) < 4.78 is 10.8. The van der Waals surface area contributed by atoms with E-state index in [2.05, 4.69) is 5.32 Å². The third-order valence-electron chi connectivity index (χ3n) is 3.44. The third kappa shape index (κ3) is 5.76. The van der Waals surface area contributed by atoms with Gasteiger partial charge < -0.3 is 20.5 Å². The highest BCUT2D eigenvalue weighted by Crippen LogP contribution is 2.29. The van der Waals surface area contributed by atoms with Crippen LogP contribution >= 0.6 is 11.6 Å². The van der Waals surface area contributed by atoms with Gasteiger partial charge in [0.1, 0.15) is 11.6 Å². The number of amides is 2. The van der Waals surface area contributed by atoms with E-state index in [4.69, 9.17) is 26.8 Å². The maximum absolute atomic E-state index is 12.4. The van der Waals surface area contributed by atoms with Crippen molar-refractivity contribution in [2.75, 3.05) is 18.5 Å². The molecule has 0 heterocycles. The molecule has 144 valence electrons. The number of nitrogens with zero attached hydrogens (tertiary/aromatic N) is 1. The van der Waals surface area contributed by atoms with Crippen LogP contribution in [0.5, 0.6) is 11.5 Å². The van der Waals surface area contributed by atoms with Gasteiger partial charge in [0, 0.05) is 0 Å². The van der Waals surface area contributed by atoms with Crippen molar-refractivity contribution in [1.82, 2.24) is 0 Å². The number of hydrogen-bond acceptors (Lipinski definition) is 5. The Morgan fingerprint density at radius 3 is 2.61 bits per heavy atom. The first-order chi connectivity index (χ1) is 13.4. The maximum atomic E-state index is 12.4. The van der Waals surface area contributed by atoms with E-state index in [9.17, 15) is 14.9 Å². The number of nitrogens with two attached hydrogens (primary N) is 1. The standard InChI is InChI=1S/C20H18ClN3O4/c1-2-27-18-10-13(7-8-17(18)28-12-19(23)25)9-14(11-22)20(26)24-16-6-4-3-5-15(16)21/h3-10H,2,12H2,1H3,(H2,23,25)(H,24,26)/b14-9+. The predicted octanol–water partition coefficient (Wildman–Crippen LogP) is 3.15. The van der Waals surface area contributed by atoms with Gasteiger partial charge in [0.05, 0.1) is 17.3 Å². The number of halogens is 1. The number of nitrogens with one attached hydrogen (secondary N) is 1. The molecule has 0 saturated carbocycles. The number of para-hydroxylation sites is 1. The molecule has 2 aromatic rings. The average molecular weight is 400 g/mol. The summed E-state index contributed by atoms with van der Waals surface area (Å²) in [6.07, 6.45) is 1.41. The monoisotopic (exact) mass is 399 g/mol. The van der Waals surface area contributed by atoms with Crippen LogP contribution in [0.15, 0.2) is 48.0 Å². The molecule has 0 fully saturated rings. The Kier molecular flexibility index (Phi) is 7.43. The van der Waals surface area contributed by atoms with E-state index in [1.807, 2.05) is 6.07 Å². The van der Waals surface area contributed by atoms with E-state index in [-0.39, 0.29) is 12.2 Å². The summed E-state index contributed by atoms with van der Waals surface area (Å²) in [6.45, 7) is 1.86. The maximum Gasteiger partial charge on any atom is 0.266 e. The topological polar surface area (TPSA) is 114 Å². The number of primary amides is 1. The van der Waals surface area contributed by atoms with Crippen LogP contribution in [-0.4, -0.2) is 25.0 Å². The minimum atomic E-state index is -0.616. The lowest BCUT2D eigenvalue weighted by Crippen LogP contribution is -2.20. The van der Waals surface area contributed by atoms with Crippen molar-refractivity contribution >= 4 is 35.2 Å². The molecule has 8 heteroatoms. The molecule has 0 atom stereocenters. The number of carbonyl (C=O) groups excluding carboxylic acids is 2. The summed E-state index contributed by atoms with van der Waals surface area (Å²) in [5.74, 6) is -0.518. The molecule has 0 aliphatic rings. The SMILES string of the molecule is CCOc1cc(/C=C(\C#N)C(=O)Nc2ccccc2Cl)ccc1OCC(N)=O. The van der Waals surface area contributed by atoms with E-state index < -0.39 is 11.8 Å². The van der Waals surface area contributed by atoms with Gasteiger partial charge >= 0.3 is 0 Å². The Morgan fingerprint density at radius 2 is 1.96 bits per heavy atom. The van der Waals surface area contributed by atoms with Gasteiger partial charge in [-0.2, -0.15) is 5.26 Å². The second kappa shape index (κ2) is 10.00. The minimum absolute atomic E-state index is 0.117. The summed E-state index contributed by atoms with van der Waals surface area (Å²) in [5.41, 5.74) is 5.91. The molecule has 0 bridgehead atoms. The number of hydrogen-bond donors (Lipinski definition) is 2. The zero-order valence-corrected chi connectivity index (χ0v) is 15.8. The lowest BCUT2D eigenvalue weighted by Gasteiger charge is -2.12. The van der Waals surface area contributed by atoms with Gasteiger partial charge in [-0.05, 0) is 42.8 Å². The van der Waals surface area contributed by atoms with E-state index in [0.29, 0.717) is 34.4 Å². The highest BCUT2D eigenvalue weighted by Gasteiger charge is 2.13. The summed E-state index contributed by atoms with van der Waals surface area (Å²) in [6, 6.07) is 13.4. The average Bonchev–Trinajstić information content (AvgIpc) is 2.67. The van der Waals surface area contributed by atoms with Crippen LogP contribution in [0.2, 0.25) is 5.02 Å². The number of ether oxygens (including phenoxy) is 2. The van der Waals surface area contributed by atoms with Gasteiger partial charge in [-0.15, -0.1) is 0 Å². The molecule has 28 heavy (non-hydrogen) atoms. The van der Waals surface area contributed by atoms with Gasteiger partial charge in [0.25, 0.3) is 11.8 Å². The van der Waals surface area contributed by atoms with Crippen molar-refractivity contribution in [2.24, 2.45) is 5.73 Å². The quantitative estimate of drug-likeness (QED) is 0.522. The van der Waals surface area contributed by atoms with Crippen LogP contribution in [0.1, 0.15) is 12.5 Å². The molecule has 0 aliphatic carbocycles. The molecular weight excluding hydrogens is 382 g/mol. The minimum Gasteiger partial charge on any atom is -0.490 e. The fourth-order valence-electron chi connectivity index (χ4n) is 2.22. The lowest BCUT2D eigenvalue weighted by atomic mass is 10.1. The number of anilines is 1. The van der Waals surface area contributed by atoms with E-state index in [1.165, 1.54) is 6.08 Å². The summed E-state index contributed by atoms with van der Waals surface area (Å²) in [5, 5.41) is 12.3. The first-order valence-corrected chi connectivity index (χ1v) is 8.68. The zero-order chi connectivity index (χ0) is 20.5. The van der Waals surface area contributed by atoms with Crippen LogP contribution in [0, 0.1) is 11.3 Å². The molecule has 0 spiro atoms. The molecule has 0 radical (unpaired) electrons. The van der Waals surface area contributed by atoms with Gasteiger partial charge in [-0.25, -0.2) is 0 Å². The van der Waals surface area contributed by atoms with E-state index in [0.717, 1.165) is 0 Å². The number of carbonyl (C=O) groups is 2. The van der Waals surface area contributed by atoms with Gasteiger partial charge in [-0.1, -0.05) is 29.8 Å². The van der Waals surface area contributed by atoms with Crippen LogP contribution < -0.4 is 20.5 Å². The first kappa shape index (κ1) is 20.8. The normalized spacial score (nSPS) is 10.7. The largest absolute Gasteiger partial charge is 0.490 e. The highest BCUT2D eigenvalue weighted by atomic mass is 35.5. The molecule has 2 amide bonds. The fourth-order valence-corrected chi connectivity index (χ4v) is 2.40. The van der Waals surface area contributed by atoms with Crippen molar-refractivity contribution < 1.29 is 19.1 Å². The van der Waals surface area contributed by atoms with Crippen molar-refractivity contribution in [1.29, 1.82) is 5.26 Å². The first-order valence-electron chi connectivity index (χ1n) is 8.30. The van der Waals surface area contributed by atoms with Crippen molar-refractivity contribution in [3.63, 3.8) is 0 Å².